The van der Waals surface area contributed by atoms with Crippen LogP contribution in [0, 0.1) is 0 Å². The Morgan fingerprint density at radius 3 is 2.56 bits per heavy atom. The number of thiophene rings is 1. The van der Waals surface area contributed by atoms with Gasteiger partial charge in [0.25, 0.3) is 0 Å². The van der Waals surface area contributed by atoms with Crippen LogP contribution in [0.5, 0.6) is 0 Å². The van der Waals surface area contributed by atoms with Crippen LogP contribution in [0.15, 0.2) is 17.5 Å². The molecule has 0 fully saturated rings. The normalized spacial score (nSPS) is 10.7. The number of ether oxygens (including phenoxy) is 3. The summed E-state index contributed by atoms with van der Waals surface area (Å²) in [6.07, 6.45) is 1.31. The van der Waals surface area contributed by atoms with Crippen molar-refractivity contribution in [3.05, 3.63) is 22.4 Å². The van der Waals surface area contributed by atoms with Crippen LogP contribution in [-0.4, -0.2) is 45.9 Å². The van der Waals surface area contributed by atoms with E-state index in [4.69, 9.17) is 14.2 Å². The molecule has 0 N–H and O–H groups in total. The summed E-state index contributed by atoms with van der Waals surface area (Å²) in [6.45, 7) is 2.94. The molecule has 0 amide bonds. The maximum atomic E-state index is 11.6. The van der Waals surface area contributed by atoms with Gasteiger partial charge in [0.05, 0.1) is 31.3 Å². The van der Waals surface area contributed by atoms with Gasteiger partial charge in [-0.1, -0.05) is 6.07 Å². The average Bonchev–Trinajstić information content (AvgIpc) is 2.90. The van der Waals surface area contributed by atoms with E-state index in [1.54, 1.807) is 7.11 Å². The second-order valence-electron chi connectivity index (χ2n) is 3.72. The second kappa shape index (κ2) is 10.2. The SMILES string of the molecule is COCCOCCOCCCC(=O)c1cccs1. The molecule has 0 saturated heterocycles. The summed E-state index contributed by atoms with van der Waals surface area (Å²) < 4.78 is 15.5. The molecule has 102 valence electrons. The first kappa shape index (κ1) is 15.3. The lowest BCUT2D eigenvalue weighted by molar-refractivity contribution is 0.0240. The quantitative estimate of drug-likeness (QED) is 0.458. The highest BCUT2D eigenvalue weighted by atomic mass is 32.1. The number of hydrogen-bond donors (Lipinski definition) is 0. The molecule has 1 aromatic heterocycles. The largest absolute Gasteiger partial charge is 0.382 e. The summed E-state index contributed by atoms with van der Waals surface area (Å²) in [5.41, 5.74) is 0. The predicted molar refractivity (Wildman–Crippen MR) is 71.4 cm³/mol. The molecule has 1 aromatic rings. The number of hydrogen-bond acceptors (Lipinski definition) is 5. The minimum atomic E-state index is 0.199. The number of carbonyl (C=O) groups is 1. The Kier molecular flexibility index (Phi) is 8.67. The van der Waals surface area contributed by atoms with E-state index in [1.165, 1.54) is 11.3 Å². The third-order valence-corrected chi connectivity index (χ3v) is 3.20. The van der Waals surface area contributed by atoms with Crippen molar-refractivity contribution in [3.63, 3.8) is 0 Å². The second-order valence-corrected chi connectivity index (χ2v) is 4.67. The molecule has 5 heteroatoms. The highest BCUT2D eigenvalue weighted by Gasteiger charge is 2.05. The third kappa shape index (κ3) is 6.86. The lowest BCUT2D eigenvalue weighted by Gasteiger charge is -2.05. The molecule has 0 bridgehead atoms. The van der Waals surface area contributed by atoms with Crippen molar-refractivity contribution in [2.75, 3.05) is 40.1 Å². The molecule has 0 atom stereocenters. The zero-order valence-electron chi connectivity index (χ0n) is 10.7. The fourth-order valence-corrected chi connectivity index (χ4v) is 2.05. The van der Waals surface area contributed by atoms with E-state index in [0.717, 1.165) is 11.3 Å². The monoisotopic (exact) mass is 272 g/mol. The Bertz CT molecular complexity index is 311. The van der Waals surface area contributed by atoms with Gasteiger partial charge in [-0.25, -0.2) is 0 Å². The van der Waals surface area contributed by atoms with E-state index < -0.39 is 0 Å². The first-order chi connectivity index (χ1) is 8.84. The van der Waals surface area contributed by atoms with Crippen LogP contribution in [0.4, 0.5) is 0 Å². The Morgan fingerprint density at radius 2 is 1.89 bits per heavy atom. The van der Waals surface area contributed by atoms with Crippen molar-refractivity contribution in [2.24, 2.45) is 0 Å². The summed E-state index contributed by atoms with van der Waals surface area (Å²) >= 11 is 1.49. The van der Waals surface area contributed by atoms with Crippen molar-refractivity contribution in [1.29, 1.82) is 0 Å². The maximum absolute atomic E-state index is 11.6. The van der Waals surface area contributed by atoms with E-state index >= 15 is 0 Å². The fourth-order valence-electron chi connectivity index (χ4n) is 1.36. The van der Waals surface area contributed by atoms with Crippen LogP contribution in [0.3, 0.4) is 0 Å². The van der Waals surface area contributed by atoms with Gasteiger partial charge >= 0.3 is 0 Å². The van der Waals surface area contributed by atoms with Crippen molar-refractivity contribution in [3.8, 4) is 0 Å². The zero-order valence-corrected chi connectivity index (χ0v) is 11.5. The number of Topliss-reactive ketones (excluding diaryl/α,β-unsaturated/α-hetero) is 1. The lowest BCUT2D eigenvalue weighted by Crippen LogP contribution is -2.09. The van der Waals surface area contributed by atoms with Crippen LogP contribution in [-0.2, 0) is 14.2 Å². The first-order valence-corrected chi connectivity index (χ1v) is 6.93. The Balaban J connectivity index is 1.88. The molecule has 0 radical (unpaired) electrons. The first-order valence-electron chi connectivity index (χ1n) is 6.05. The average molecular weight is 272 g/mol. The van der Waals surface area contributed by atoms with Crippen molar-refractivity contribution < 1.29 is 19.0 Å². The van der Waals surface area contributed by atoms with Gasteiger partial charge in [-0.15, -0.1) is 11.3 Å². The zero-order chi connectivity index (χ0) is 13.1. The highest BCUT2D eigenvalue weighted by Crippen LogP contribution is 2.12. The van der Waals surface area contributed by atoms with Crippen LogP contribution >= 0.6 is 11.3 Å². The lowest BCUT2D eigenvalue weighted by atomic mass is 10.2. The van der Waals surface area contributed by atoms with E-state index in [9.17, 15) is 4.79 Å². The van der Waals surface area contributed by atoms with Gasteiger partial charge in [-0.05, 0) is 17.9 Å². The molecular formula is C13H20O4S. The number of ketones is 1. The molecule has 1 rings (SSSR count). The number of rotatable bonds is 11. The van der Waals surface area contributed by atoms with Gasteiger partial charge in [0.1, 0.15) is 0 Å². The molecule has 0 spiro atoms. The van der Waals surface area contributed by atoms with Gasteiger partial charge in [0.2, 0.25) is 0 Å². The molecule has 1 heterocycles. The minimum Gasteiger partial charge on any atom is -0.382 e. The van der Waals surface area contributed by atoms with Crippen LogP contribution < -0.4 is 0 Å². The number of carbonyl (C=O) groups excluding carboxylic acids is 1. The van der Waals surface area contributed by atoms with Gasteiger partial charge in [-0.2, -0.15) is 0 Å². The molecule has 0 unspecified atom stereocenters. The smallest absolute Gasteiger partial charge is 0.172 e. The predicted octanol–water partition coefficient (Wildman–Crippen LogP) is 2.39. The highest BCUT2D eigenvalue weighted by molar-refractivity contribution is 7.12. The maximum Gasteiger partial charge on any atom is 0.172 e. The van der Waals surface area contributed by atoms with E-state index in [0.29, 0.717) is 39.5 Å². The molecule has 18 heavy (non-hydrogen) atoms. The van der Waals surface area contributed by atoms with Gasteiger partial charge in [0.15, 0.2) is 5.78 Å². The van der Waals surface area contributed by atoms with Crippen molar-refractivity contribution >= 4 is 17.1 Å². The minimum absolute atomic E-state index is 0.199. The molecule has 0 aromatic carbocycles. The summed E-state index contributed by atoms with van der Waals surface area (Å²) in [5.74, 6) is 0.199. The molecular weight excluding hydrogens is 252 g/mol. The Labute approximate surface area is 112 Å². The molecule has 0 aliphatic carbocycles. The van der Waals surface area contributed by atoms with Gasteiger partial charge in [0, 0.05) is 20.1 Å². The topological polar surface area (TPSA) is 44.8 Å². The molecule has 4 nitrogen and oxygen atoms in total. The summed E-state index contributed by atoms with van der Waals surface area (Å²) in [4.78, 5) is 12.5. The third-order valence-electron chi connectivity index (χ3n) is 2.29. The van der Waals surface area contributed by atoms with Crippen LogP contribution in [0.25, 0.3) is 0 Å². The van der Waals surface area contributed by atoms with Crippen LogP contribution in [0.1, 0.15) is 22.5 Å². The summed E-state index contributed by atoms with van der Waals surface area (Å²) in [7, 11) is 1.64. The van der Waals surface area contributed by atoms with Gasteiger partial charge in [-0.3, -0.25) is 4.79 Å². The number of methoxy groups -OCH3 is 1. The summed E-state index contributed by atoms with van der Waals surface area (Å²) in [6, 6.07) is 3.75. The Morgan fingerprint density at radius 1 is 1.17 bits per heavy atom. The van der Waals surface area contributed by atoms with E-state index in [2.05, 4.69) is 0 Å². The molecule has 0 saturated carbocycles. The van der Waals surface area contributed by atoms with E-state index in [-0.39, 0.29) is 5.78 Å². The molecule has 0 aliphatic heterocycles. The van der Waals surface area contributed by atoms with Gasteiger partial charge < -0.3 is 14.2 Å². The van der Waals surface area contributed by atoms with Crippen molar-refractivity contribution in [1.82, 2.24) is 0 Å². The standard InChI is InChI=1S/C13H20O4S/c1-15-7-8-17-10-9-16-6-2-4-12(14)13-5-3-11-18-13/h3,5,11H,2,4,6-10H2,1H3. The fraction of sp³-hybridized carbons (Fsp3) is 0.615. The Hall–Kier alpha value is -0.750. The van der Waals surface area contributed by atoms with Crippen LogP contribution in [0.2, 0.25) is 0 Å². The van der Waals surface area contributed by atoms with Crippen molar-refractivity contribution in [2.45, 2.75) is 12.8 Å². The summed E-state index contributed by atoms with van der Waals surface area (Å²) in [5, 5.41) is 1.92. The molecule has 0 aliphatic rings. The van der Waals surface area contributed by atoms with E-state index in [1.807, 2.05) is 17.5 Å².